The number of amides is 1. The number of carbonyl (C=O) groups is 1. The van der Waals surface area contributed by atoms with E-state index in [1.165, 1.54) is 37.1 Å². The zero-order valence-corrected chi connectivity index (χ0v) is 21.7. The molecule has 3 aromatic carbocycles. The molecule has 1 amide bonds. The van der Waals surface area contributed by atoms with Crippen LogP contribution in [-0.2, 0) is 4.79 Å². The van der Waals surface area contributed by atoms with Gasteiger partial charge < -0.3 is 20.7 Å². The number of carbonyl (C=O) groups excluding carboxylic acids is 1. The lowest BCUT2D eigenvalue weighted by molar-refractivity contribution is -0.112. The van der Waals surface area contributed by atoms with E-state index in [4.69, 9.17) is 15.4 Å². The van der Waals surface area contributed by atoms with E-state index in [1.54, 1.807) is 25.3 Å². The summed E-state index contributed by atoms with van der Waals surface area (Å²) in [5, 5.41) is 25.4. The topological polar surface area (TPSA) is 110 Å². The SMILES string of the molecule is COc1ccc(C(NCC2CC2)c2cccc(NC(=O)/C(=C/C(=N)C(F)(F)F)Nc3cccc(C#N)c3)c2)cc1. The predicted octanol–water partition coefficient (Wildman–Crippen LogP) is 6.17. The van der Waals surface area contributed by atoms with Crippen LogP contribution in [0.3, 0.4) is 0 Å². The maximum Gasteiger partial charge on any atom is 0.432 e. The lowest BCUT2D eigenvalue weighted by Gasteiger charge is -2.21. The monoisotopic (exact) mass is 547 g/mol. The number of nitrogens with zero attached hydrogens (tertiary/aromatic N) is 1. The summed E-state index contributed by atoms with van der Waals surface area (Å²) < 4.78 is 44.7. The summed E-state index contributed by atoms with van der Waals surface area (Å²) in [5.74, 6) is 0.466. The number of hydrogen-bond acceptors (Lipinski definition) is 6. The molecule has 1 fully saturated rings. The molecule has 0 aliphatic heterocycles. The Morgan fingerprint density at radius 1 is 1.05 bits per heavy atom. The molecule has 40 heavy (non-hydrogen) atoms. The summed E-state index contributed by atoms with van der Waals surface area (Å²) in [6.07, 6.45) is -2.18. The number of benzene rings is 3. The third kappa shape index (κ3) is 7.71. The Morgan fingerprint density at radius 2 is 1.73 bits per heavy atom. The first-order valence-corrected chi connectivity index (χ1v) is 12.6. The highest BCUT2D eigenvalue weighted by atomic mass is 19.4. The van der Waals surface area contributed by atoms with Crippen molar-refractivity contribution in [2.75, 3.05) is 24.3 Å². The Kier molecular flexibility index (Phi) is 8.86. The Bertz CT molecular complexity index is 1440. The number of anilines is 2. The van der Waals surface area contributed by atoms with Gasteiger partial charge in [-0.3, -0.25) is 10.2 Å². The van der Waals surface area contributed by atoms with Crippen LogP contribution in [0, 0.1) is 22.7 Å². The van der Waals surface area contributed by atoms with Crippen LogP contribution < -0.4 is 20.7 Å². The number of nitriles is 1. The minimum atomic E-state index is -4.94. The molecule has 1 aliphatic carbocycles. The standard InChI is InChI=1S/C30H28F3N5O2/c1-40-25-12-10-21(11-13-25)28(36-18-19-8-9-19)22-5-3-7-24(15-22)38-29(39)26(16-27(35)30(31,32)33)37-23-6-2-4-20(14-23)17-34/h2-7,10-16,19,28,35-37H,8-9,18H2,1H3,(H,38,39)/b26-16-,35-27?. The lowest BCUT2D eigenvalue weighted by Crippen LogP contribution is -2.26. The smallest absolute Gasteiger partial charge is 0.432 e. The fourth-order valence-corrected chi connectivity index (χ4v) is 4.03. The van der Waals surface area contributed by atoms with Crippen molar-refractivity contribution in [2.45, 2.75) is 25.1 Å². The van der Waals surface area contributed by atoms with E-state index in [2.05, 4.69) is 16.0 Å². The minimum absolute atomic E-state index is 0.191. The molecule has 4 N–H and O–H groups in total. The van der Waals surface area contributed by atoms with Gasteiger partial charge in [0.05, 0.1) is 24.8 Å². The van der Waals surface area contributed by atoms with Crippen molar-refractivity contribution in [1.82, 2.24) is 5.32 Å². The van der Waals surface area contributed by atoms with E-state index in [0.717, 1.165) is 23.4 Å². The quantitative estimate of drug-likeness (QED) is 0.170. The van der Waals surface area contributed by atoms with Crippen LogP contribution in [0.1, 0.15) is 35.6 Å². The molecule has 4 rings (SSSR count). The van der Waals surface area contributed by atoms with E-state index < -0.39 is 23.5 Å². The summed E-state index contributed by atoms with van der Waals surface area (Å²) in [4.78, 5) is 13.2. The highest BCUT2D eigenvalue weighted by molar-refractivity contribution is 6.11. The van der Waals surface area contributed by atoms with Crippen LogP contribution in [0.2, 0.25) is 0 Å². The van der Waals surface area contributed by atoms with E-state index in [0.29, 0.717) is 17.7 Å². The largest absolute Gasteiger partial charge is 0.497 e. The molecular formula is C30H28F3N5O2. The third-order valence-electron chi connectivity index (χ3n) is 6.34. The van der Waals surface area contributed by atoms with E-state index in [1.807, 2.05) is 36.4 Å². The van der Waals surface area contributed by atoms with Crippen LogP contribution in [-0.4, -0.2) is 31.4 Å². The second kappa shape index (κ2) is 12.5. The Balaban J connectivity index is 1.60. The van der Waals surface area contributed by atoms with Crippen molar-refractivity contribution in [3.63, 3.8) is 0 Å². The van der Waals surface area contributed by atoms with Gasteiger partial charge in [-0.2, -0.15) is 18.4 Å². The highest BCUT2D eigenvalue weighted by Crippen LogP contribution is 2.31. The molecule has 0 heterocycles. The van der Waals surface area contributed by atoms with Gasteiger partial charge in [0.2, 0.25) is 0 Å². The van der Waals surface area contributed by atoms with Crippen molar-refractivity contribution in [3.05, 3.63) is 101 Å². The predicted molar refractivity (Wildman–Crippen MR) is 147 cm³/mol. The summed E-state index contributed by atoms with van der Waals surface area (Å²) in [5.41, 5.74) is 0.501. The van der Waals surface area contributed by atoms with Gasteiger partial charge in [-0.25, -0.2) is 0 Å². The van der Waals surface area contributed by atoms with Gasteiger partial charge in [0, 0.05) is 11.4 Å². The first-order chi connectivity index (χ1) is 19.2. The first-order valence-electron chi connectivity index (χ1n) is 12.6. The Labute approximate surface area is 230 Å². The molecule has 0 bridgehead atoms. The molecule has 1 unspecified atom stereocenters. The minimum Gasteiger partial charge on any atom is -0.497 e. The van der Waals surface area contributed by atoms with Crippen molar-refractivity contribution >= 4 is 23.0 Å². The Hall–Kier alpha value is -4.62. The van der Waals surface area contributed by atoms with Gasteiger partial charge in [-0.05, 0) is 85.0 Å². The van der Waals surface area contributed by atoms with Crippen molar-refractivity contribution in [2.24, 2.45) is 5.92 Å². The normalized spacial score (nSPS) is 14.1. The number of nitrogens with one attached hydrogen (secondary N) is 4. The maximum atomic E-state index is 13.2. The maximum absolute atomic E-state index is 13.2. The summed E-state index contributed by atoms with van der Waals surface area (Å²) in [7, 11) is 1.60. The van der Waals surface area contributed by atoms with Crippen LogP contribution in [0.5, 0.6) is 5.75 Å². The van der Waals surface area contributed by atoms with E-state index in [-0.39, 0.29) is 17.3 Å². The van der Waals surface area contributed by atoms with Crippen LogP contribution in [0.4, 0.5) is 24.5 Å². The van der Waals surface area contributed by atoms with E-state index in [9.17, 15) is 18.0 Å². The molecule has 1 saturated carbocycles. The van der Waals surface area contributed by atoms with Crippen molar-refractivity contribution in [3.8, 4) is 11.8 Å². The average Bonchev–Trinajstić information content (AvgIpc) is 3.77. The second-order valence-electron chi connectivity index (χ2n) is 9.42. The van der Waals surface area contributed by atoms with Gasteiger partial charge in [0.1, 0.15) is 17.2 Å². The van der Waals surface area contributed by atoms with Crippen LogP contribution in [0.25, 0.3) is 0 Å². The molecule has 0 radical (unpaired) electrons. The molecule has 0 aromatic heterocycles. The number of alkyl halides is 3. The molecule has 10 heteroatoms. The second-order valence-corrected chi connectivity index (χ2v) is 9.42. The fourth-order valence-electron chi connectivity index (χ4n) is 4.03. The fraction of sp³-hybridized carbons (Fsp3) is 0.233. The number of rotatable bonds is 11. The molecule has 0 saturated heterocycles. The number of hydrogen-bond donors (Lipinski definition) is 4. The summed E-state index contributed by atoms with van der Waals surface area (Å²) in [6, 6.07) is 22.4. The molecule has 206 valence electrons. The van der Waals surface area contributed by atoms with Crippen molar-refractivity contribution in [1.29, 1.82) is 10.7 Å². The van der Waals surface area contributed by atoms with E-state index >= 15 is 0 Å². The molecule has 0 spiro atoms. The van der Waals surface area contributed by atoms with Gasteiger partial charge in [-0.15, -0.1) is 0 Å². The third-order valence-corrected chi connectivity index (χ3v) is 6.34. The van der Waals surface area contributed by atoms with Crippen molar-refractivity contribution < 1.29 is 22.7 Å². The number of methoxy groups -OCH3 is 1. The lowest BCUT2D eigenvalue weighted by atomic mass is 9.97. The highest BCUT2D eigenvalue weighted by Gasteiger charge is 2.33. The van der Waals surface area contributed by atoms with Gasteiger partial charge >= 0.3 is 6.18 Å². The molecule has 7 nitrogen and oxygen atoms in total. The number of allylic oxidation sites excluding steroid dienone is 1. The average molecular weight is 548 g/mol. The zero-order valence-electron chi connectivity index (χ0n) is 21.7. The summed E-state index contributed by atoms with van der Waals surface area (Å²) >= 11 is 0. The summed E-state index contributed by atoms with van der Waals surface area (Å²) in [6.45, 7) is 0.825. The van der Waals surface area contributed by atoms with Gasteiger partial charge in [0.15, 0.2) is 0 Å². The Morgan fingerprint density at radius 3 is 2.35 bits per heavy atom. The molecule has 1 atom stereocenters. The van der Waals surface area contributed by atoms with Gasteiger partial charge in [-0.1, -0.05) is 30.3 Å². The number of ether oxygens (including phenoxy) is 1. The van der Waals surface area contributed by atoms with Crippen LogP contribution in [0.15, 0.2) is 84.6 Å². The molecule has 3 aromatic rings. The zero-order chi connectivity index (χ0) is 28.7. The van der Waals surface area contributed by atoms with Crippen LogP contribution >= 0.6 is 0 Å². The first kappa shape index (κ1) is 28.4. The van der Waals surface area contributed by atoms with Gasteiger partial charge in [0.25, 0.3) is 5.91 Å². The molecule has 1 aliphatic rings. The molecular weight excluding hydrogens is 519 g/mol. The number of halogens is 3.